The number of hydrogen-bond donors (Lipinski definition) is 1. The summed E-state index contributed by atoms with van der Waals surface area (Å²) >= 11 is 0. The molecule has 3 nitrogen and oxygen atoms in total. The van der Waals surface area contributed by atoms with Crippen LogP contribution in [-0.4, -0.2) is 11.9 Å². The summed E-state index contributed by atoms with van der Waals surface area (Å²) in [4.78, 5) is 15.4. The largest absolute Gasteiger partial charge is 0.382 e. The van der Waals surface area contributed by atoms with Crippen molar-refractivity contribution in [1.82, 2.24) is 0 Å². The van der Waals surface area contributed by atoms with Gasteiger partial charge in [0.15, 0.2) is 0 Å². The lowest BCUT2D eigenvalue weighted by atomic mass is 9.91. The van der Waals surface area contributed by atoms with Crippen LogP contribution >= 0.6 is 0 Å². The molecule has 3 heteroatoms. The van der Waals surface area contributed by atoms with Crippen LogP contribution in [0.2, 0.25) is 0 Å². The minimum Gasteiger partial charge on any atom is -0.382 e. The third kappa shape index (κ3) is 3.72. The van der Waals surface area contributed by atoms with E-state index in [-0.39, 0.29) is 11.9 Å². The zero-order chi connectivity index (χ0) is 18.6. The van der Waals surface area contributed by atoms with Crippen LogP contribution in [0.5, 0.6) is 0 Å². The molecular formula is C24H24N2O. The van der Waals surface area contributed by atoms with E-state index in [1.807, 2.05) is 77.7 Å². The number of nitrogens with one attached hydrogen (secondary N) is 1. The van der Waals surface area contributed by atoms with Crippen LogP contribution in [0.4, 0.5) is 11.4 Å². The van der Waals surface area contributed by atoms with Crippen LogP contribution in [0.25, 0.3) is 0 Å². The first-order valence-electron chi connectivity index (χ1n) is 9.49. The second-order valence-corrected chi connectivity index (χ2v) is 7.15. The number of nitrogens with zero attached hydrogens (tertiary/aromatic N) is 1. The highest BCUT2D eigenvalue weighted by molar-refractivity contribution is 5.96. The average molecular weight is 356 g/mol. The Hall–Kier alpha value is -3.07. The number of carbonyl (C=O) groups is 1. The third-order valence-corrected chi connectivity index (χ3v) is 5.11. The summed E-state index contributed by atoms with van der Waals surface area (Å²) in [5.74, 6) is 0.126. The number of amides is 1. The second kappa shape index (κ2) is 7.67. The number of carbonyl (C=O) groups excluding carboxylic acids is 1. The number of para-hydroxylation sites is 2. The molecule has 0 bridgehead atoms. The standard InChI is InChI=1S/C24H24N2O/c1-18-16-23(21-14-8-9-15-22(21)25-18)26(20-12-6-3-7-13-20)24(27)17-19-10-4-2-5-11-19/h2-15,18,23,25H,16-17H2,1H3/t18-,23+/m0/s1. The lowest BCUT2D eigenvalue weighted by Crippen LogP contribution is -2.41. The normalized spacial score (nSPS) is 18.3. The van der Waals surface area contributed by atoms with Gasteiger partial charge in [0.1, 0.15) is 0 Å². The summed E-state index contributed by atoms with van der Waals surface area (Å²) in [6, 6.07) is 28.7. The van der Waals surface area contributed by atoms with Crippen molar-refractivity contribution in [1.29, 1.82) is 0 Å². The monoisotopic (exact) mass is 356 g/mol. The molecule has 0 radical (unpaired) electrons. The predicted octanol–water partition coefficient (Wildman–Crippen LogP) is 5.21. The summed E-state index contributed by atoms with van der Waals surface area (Å²) in [6.07, 6.45) is 1.28. The van der Waals surface area contributed by atoms with Crippen LogP contribution in [0.3, 0.4) is 0 Å². The van der Waals surface area contributed by atoms with Crippen molar-refractivity contribution in [3.63, 3.8) is 0 Å². The maximum absolute atomic E-state index is 13.4. The fourth-order valence-electron chi connectivity index (χ4n) is 3.89. The molecule has 1 aliphatic rings. The van der Waals surface area contributed by atoms with Gasteiger partial charge in [-0.3, -0.25) is 4.79 Å². The van der Waals surface area contributed by atoms with E-state index in [2.05, 4.69) is 24.4 Å². The van der Waals surface area contributed by atoms with Crippen molar-refractivity contribution in [2.24, 2.45) is 0 Å². The number of hydrogen-bond acceptors (Lipinski definition) is 2. The van der Waals surface area contributed by atoms with Gasteiger partial charge < -0.3 is 10.2 Å². The summed E-state index contributed by atoms with van der Waals surface area (Å²) in [6.45, 7) is 2.17. The minimum atomic E-state index is 0.0241. The molecule has 0 unspecified atom stereocenters. The zero-order valence-corrected chi connectivity index (χ0v) is 15.5. The van der Waals surface area contributed by atoms with Gasteiger partial charge in [0.05, 0.1) is 12.5 Å². The Labute approximate surface area is 160 Å². The Morgan fingerprint density at radius 2 is 1.56 bits per heavy atom. The Balaban J connectivity index is 1.74. The van der Waals surface area contributed by atoms with Crippen molar-refractivity contribution < 1.29 is 4.79 Å². The Bertz CT molecular complexity index is 908. The molecule has 0 saturated heterocycles. The molecular weight excluding hydrogens is 332 g/mol. The van der Waals surface area contributed by atoms with E-state index in [0.717, 1.165) is 23.4 Å². The van der Waals surface area contributed by atoms with Crippen molar-refractivity contribution in [2.75, 3.05) is 10.2 Å². The predicted molar refractivity (Wildman–Crippen MR) is 111 cm³/mol. The maximum atomic E-state index is 13.4. The highest BCUT2D eigenvalue weighted by Crippen LogP contribution is 2.39. The summed E-state index contributed by atoms with van der Waals surface area (Å²) < 4.78 is 0. The molecule has 3 aromatic rings. The molecule has 3 aromatic carbocycles. The van der Waals surface area contributed by atoms with Gasteiger partial charge in [-0.05, 0) is 42.7 Å². The molecule has 1 heterocycles. The van der Waals surface area contributed by atoms with Gasteiger partial charge in [-0.15, -0.1) is 0 Å². The molecule has 136 valence electrons. The van der Waals surface area contributed by atoms with E-state index in [9.17, 15) is 4.79 Å². The molecule has 1 aliphatic heterocycles. The lowest BCUT2D eigenvalue weighted by Gasteiger charge is -2.39. The quantitative estimate of drug-likeness (QED) is 0.696. The molecule has 0 fully saturated rings. The fraction of sp³-hybridized carbons (Fsp3) is 0.208. The fourth-order valence-corrected chi connectivity index (χ4v) is 3.89. The van der Waals surface area contributed by atoms with E-state index >= 15 is 0 Å². The number of benzene rings is 3. The highest BCUT2D eigenvalue weighted by atomic mass is 16.2. The number of rotatable bonds is 4. The molecule has 1 amide bonds. The maximum Gasteiger partial charge on any atom is 0.231 e. The van der Waals surface area contributed by atoms with Crippen LogP contribution in [-0.2, 0) is 11.2 Å². The molecule has 1 N–H and O–H groups in total. The van der Waals surface area contributed by atoms with Crippen molar-refractivity contribution >= 4 is 17.3 Å². The van der Waals surface area contributed by atoms with Gasteiger partial charge in [0.2, 0.25) is 5.91 Å². The molecule has 27 heavy (non-hydrogen) atoms. The summed E-state index contributed by atoms with van der Waals surface area (Å²) in [7, 11) is 0. The molecule has 0 spiro atoms. The first-order chi connectivity index (χ1) is 13.2. The van der Waals surface area contributed by atoms with E-state index in [0.29, 0.717) is 12.5 Å². The number of anilines is 2. The van der Waals surface area contributed by atoms with Gasteiger partial charge in [-0.25, -0.2) is 0 Å². The molecule has 2 atom stereocenters. The van der Waals surface area contributed by atoms with Gasteiger partial charge in [0, 0.05) is 17.4 Å². The molecule has 0 aliphatic carbocycles. The van der Waals surface area contributed by atoms with Crippen molar-refractivity contribution in [3.8, 4) is 0 Å². The van der Waals surface area contributed by atoms with E-state index in [1.54, 1.807) is 0 Å². The summed E-state index contributed by atoms with van der Waals surface area (Å²) in [5, 5.41) is 3.55. The van der Waals surface area contributed by atoms with E-state index in [1.165, 1.54) is 5.56 Å². The van der Waals surface area contributed by atoms with Gasteiger partial charge in [-0.1, -0.05) is 66.7 Å². The van der Waals surface area contributed by atoms with Gasteiger partial charge >= 0.3 is 0 Å². The second-order valence-electron chi connectivity index (χ2n) is 7.15. The number of fused-ring (bicyclic) bond motifs is 1. The van der Waals surface area contributed by atoms with Crippen LogP contribution < -0.4 is 10.2 Å². The molecule has 0 aromatic heterocycles. The van der Waals surface area contributed by atoms with E-state index in [4.69, 9.17) is 0 Å². The Morgan fingerprint density at radius 3 is 2.30 bits per heavy atom. The van der Waals surface area contributed by atoms with E-state index < -0.39 is 0 Å². The summed E-state index contributed by atoms with van der Waals surface area (Å²) in [5.41, 5.74) is 4.29. The first-order valence-corrected chi connectivity index (χ1v) is 9.49. The minimum absolute atomic E-state index is 0.0241. The molecule has 0 saturated carbocycles. The lowest BCUT2D eigenvalue weighted by molar-refractivity contribution is -0.118. The van der Waals surface area contributed by atoms with Crippen LogP contribution in [0.15, 0.2) is 84.9 Å². The van der Waals surface area contributed by atoms with Gasteiger partial charge in [-0.2, -0.15) is 0 Å². The average Bonchev–Trinajstić information content (AvgIpc) is 2.69. The van der Waals surface area contributed by atoms with Crippen molar-refractivity contribution in [3.05, 3.63) is 96.1 Å². The zero-order valence-electron chi connectivity index (χ0n) is 15.5. The smallest absolute Gasteiger partial charge is 0.231 e. The Kier molecular flexibility index (Phi) is 4.93. The molecule has 4 rings (SSSR count). The van der Waals surface area contributed by atoms with Crippen molar-refractivity contribution in [2.45, 2.75) is 31.8 Å². The first kappa shape index (κ1) is 17.3. The van der Waals surface area contributed by atoms with Crippen LogP contribution in [0.1, 0.15) is 30.5 Å². The third-order valence-electron chi connectivity index (χ3n) is 5.11. The van der Waals surface area contributed by atoms with Crippen LogP contribution in [0, 0.1) is 0 Å². The topological polar surface area (TPSA) is 32.3 Å². The SMILES string of the molecule is C[C@H]1C[C@@H](N(C(=O)Cc2ccccc2)c2ccccc2)c2ccccc2N1. The van der Waals surface area contributed by atoms with Gasteiger partial charge in [0.25, 0.3) is 0 Å². The highest BCUT2D eigenvalue weighted by Gasteiger charge is 2.32. The Morgan fingerprint density at radius 1 is 0.926 bits per heavy atom.